The first-order valence-electron chi connectivity index (χ1n) is 12.9. The summed E-state index contributed by atoms with van der Waals surface area (Å²) in [6.07, 6.45) is 1.73. The third-order valence-electron chi connectivity index (χ3n) is 5.74. The van der Waals surface area contributed by atoms with Gasteiger partial charge in [0.2, 0.25) is 0 Å². The third kappa shape index (κ3) is 9.58. The number of para-hydroxylation sites is 1. The summed E-state index contributed by atoms with van der Waals surface area (Å²) in [5.41, 5.74) is 13.2. The predicted octanol–water partition coefficient (Wildman–Crippen LogP) is 4.91. The highest BCUT2D eigenvalue weighted by atomic mass is 35.5. The van der Waals surface area contributed by atoms with Crippen molar-refractivity contribution in [3.05, 3.63) is 76.6 Å². The van der Waals surface area contributed by atoms with Crippen LogP contribution in [0.25, 0.3) is 5.69 Å². The predicted molar refractivity (Wildman–Crippen MR) is 163 cm³/mol. The van der Waals surface area contributed by atoms with Gasteiger partial charge in [-0.25, -0.2) is 4.79 Å². The monoisotopic (exact) mass is 590 g/mol. The van der Waals surface area contributed by atoms with Gasteiger partial charge >= 0.3 is 5.97 Å². The smallest absolute Gasteiger partial charge is 0.337 e. The number of aromatic nitrogens is 1. The molecule has 5 N–H and O–H groups in total. The Bertz CT molecular complexity index is 1220. The van der Waals surface area contributed by atoms with E-state index in [1.807, 2.05) is 55.6 Å². The molecule has 0 bridgehead atoms. The van der Waals surface area contributed by atoms with Gasteiger partial charge in [-0.15, -0.1) is 0 Å². The Labute approximate surface area is 247 Å². The summed E-state index contributed by atoms with van der Waals surface area (Å²) in [6.45, 7) is 9.70. The zero-order valence-corrected chi connectivity index (χ0v) is 25.5. The summed E-state index contributed by atoms with van der Waals surface area (Å²) in [6, 6.07) is 15.8. The Morgan fingerprint density at radius 1 is 1.10 bits per heavy atom. The topological polar surface area (TPSA) is 144 Å². The number of nitrogens with zero attached hydrogens (tertiary/aromatic N) is 1. The highest BCUT2D eigenvalue weighted by Crippen LogP contribution is 2.43. The van der Waals surface area contributed by atoms with Crippen LogP contribution in [0.5, 0.6) is 11.5 Å². The van der Waals surface area contributed by atoms with Gasteiger partial charge in [0, 0.05) is 34.6 Å². The van der Waals surface area contributed by atoms with Gasteiger partial charge < -0.3 is 45.1 Å². The summed E-state index contributed by atoms with van der Waals surface area (Å²) in [7, 11) is 4.60. The molecule has 2 aromatic carbocycles. The molecule has 0 saturated heterocycles. The SMILES string of the molecule is C=N.CCN.COC(=O)C(C)(C)OCCN.COc1cccc([C@H]2OCc3cccn3-c3ccc(Cl)cc32)c1OC. The Balaban J connectivity index is 0.000000443. The van der Waals surface area contributed by atoms with Gasteiger partial charge in [-0.2, -0.15) is 0 Å². The van der Waals surface area contributed by atoms with Crippen molar-refractivity contribution in [3.8, 4) is 17.2 Å². The van der Waals surface area contributed by atoms with Crippen LogP contribution in [0.1, 0.15) is 43.7 Å². The Morgan fingerprint density at radius 3 is 2.37 bits per heavy atom. The molecule has 0 aliphatic carbocycles. The minimum Gasteiger partial charge on any atom is -0.493 e. The maximum Gasteiger partial charge on any atom is 0.337 e. The van der Waals surface area contributed by atoms with Crippen molar-refractivity contribution in [2.45, 2.75) is 39.1 Å². The molecule has 1 aromatic heterocycles. The average Bonchev–Trinajstić information content (AvgIpc) is 3.40. The molecule has 0 fully saturated rings. The summed E-state index contributed by atoms with van der Waals surface area (Å²) >= 11 is 6.30. The molecular weight excluding hydrogens is 548 g/mol. The second-order valence-corrected chi connectivity index (χ2v) is 9.33. The van der Waals surface area contributed by atoms with Crippen molar-refractivity contribution < 1.29 is 28.5 Å². The highest BCUT2D eigenvalue weighted by Gasteiger charge is 2.29. The standard InChI is InChI=1S/C20H18ClNO3.C7H15NO3.C2H7N.CH3N/c1-23-18-7-3-6-15(20(18)24-2)19-16-11-13(21)8-9-17(16)22-10-4-5-14(22)12-25-19;1-7(2,6(9)10-3)11-5-4-8;1-2-3;1-2/h3-11,19H,12H2,1-2H3;4-5,8H2,1-3H3;2-3H2,1H3;2H,1H2/t19-;;;/m1.../s1. The maximum atomic E-state index is 11.0. The zero-order chi connectivity index (χ0) is 31.0. The Morgan fingerprint density at radius 2 is 1.78 bits per heavy atom. The number of fused-ring (bicyclic) bond motifs is 3. The number of ether oxygens (including phenoxy) is 5. The van der Waals surface area contributed by atoms with Crippen LogP contribution < -0.4 is 20.9 Å². The molecule has 1 aliphatic rings. The van der Waals surface area contributed by atoms with E-state index in [0.717, 1.165) is 29.1 Å². The first-order valence-corrected chi connectivity index (χ1v) is 13.3. The van der Waals surface area contributed by atoms with Crippen LogP contribution in [0, 0.1) is 5.41 Å². The number of benzene rings is 2. The number of rotatable bonds is 7. The minimum absolute atomic E-state index is 0.307. The van der Waals surface area contributed by atoms with E-state index < -0.39 is 5.60 Å². The van der Waals surface area contributed by atoms with E-state index in [1.165, 1.54) is 7.11 Å². The Hall–Kier alpha value is -3.41. The van der Waals surface area contributed by atoms with E-state index in [4.69, 9.17) is 47.4 Å². The number of nitrogens with one attached hydrogen (secondary N) is 1. The number of carbonyl (C=O) groups excluding carboxylic acids is 1. The molecule has 226 valence electrons. The normalized spacial score (nSPS) is 13.2. The van der Waals surface area contributed by atoms with Crippen molar-refractivity contribution in [2.75, 3.05) is 41.0 Å². The van der Waals surface area contributed by atoms with Crippen molar-refractivity contribution >= 4 is 24.3 Å². The molecule has 0 radical (unpaired) electrons. The average molecular weight is 591 g/mol. The van der Waals surface area contributed by atoms with Gasteiger partial charge in [-0.3, -0.25) is 0 Å². The van der Waals surface area contributed by atoms with Crippen LogP contribution in [-0.2, 0) is 25.6 Å². The van der Waals surface area contributed by atoms with Crippen LogP contribution >= 0.6 is 11.6 Å². The first-order chi connectivity index (χ1) is 19.7. The summed E-state index contributed by atoms with van der Waals surface area (Å²) in [5, 5.41) is 6.17. The first kappa shape index (κ1) is 35.6. The Kier molecular flexibility index (Phi) is 15.7. The number of methoxy groups -OCH3 is 3. The van der Waals surface area contributed by atoms with Crippen molar-refractivity contribution in [3.63, 3.8) is 0 Å². The summed E-state index contributed by atoms with van der Waals surface area (Å²) < 4.78 is 29.1. The van der Waals surface area contributed by atoms with Crippen LogP contribution in [0.4, 0.5) is 0 Å². The van der Waals surface area contributed by atoms with E-state index in [0.29, 0.717) is 36.3 Å². The third-order valence-corrected chi connectivity index (χ3v) is 5.97. The van der Waals surface area contributed by atoms with Gasteiger partial charge in [0.25, 0.3) is 0 Å². The van der Waals surface area contributed by atoms with Crippen molar-refractivity contribution in [1.82, 2.24) is 4.57 Å². The van der Waals surface area contributed by atoms with Crippen molar-refractivity contribution in [2.24, 2.45) is 11.5 Å². The number of halogens is 1. The lowest BCUT2D eigenvalue weighted by molar-refractivity contribution is -0.164. The van der Waals surface area contributed by atoms with Gasteiger partial charge in [0.15, 0.2) is 17.1 Å². The van der Waals surface area contributed by atoms with Gasteiger partial charge in [-0.05, 0) is 63.5 Å². The fourth-order valence-electron chi connectivity index (χ4n) is 3.98. The molecule has 1 atom stereocenters. The lowest BCUT2D eigenvalue weighted by atomic mass is 9.98. The molecule has 4 rings (SSSR count). The lowest BCUT2D eigenvalue weighted by Crippen LogP contribution is -2.37. The lowest BCUT2D eigenvalue weighted by Gasteiger charge is -2.22. The number of hydrogen-bond donors (Lipinski definition) is 3. The molecule has 1 aliphatic heterocycles. The highest BCUT2D eigenvalue weighted by molar-refractivity contribution is 6.30. The van der Waals surface area contributed by atoms with Gasteiger partial charge in [0.05, 0.1) is 40.2 Å². The van der Waals surface area contributed by atoms with E-state index in [1.54, 1.807) is 28.1 Å². The molecule has 11 heteroatoms. The van der Waals surface area contributed by atoms with E-state index in [2.05, 4.69) is 22.1 Å². The maximum absolute atomic E-state index is 11.0. The fraction of sp³-hybridized carbons (Fsp3) is 0.400. The molecule has 2 heterocycles. The van der Waals surface area contributed by atoms with Crippen molar-refractivity contribution in [1.29, 1.82) is 5.41 Å². The van der Waals surface area contributed by atoms with Crippen LogP contribution in [0.3, 0.4) is 0 Å². The van der Waals surface area contributed by atoms with E-state index in [-0.39, 0.29) is 12.1 Å². The molecule has 3 aromatic rings. The second-order valence-electron chi connectivity index (χ2n) is 8.89. The van der Waals surface area contributed by atoms with Gasteiger partial charge in [0.1, 0.15) is 6.10 Å². The zero-order valence-electron chi connectivity index (χ0n) is 24.7. The summed E-state index contributed by atoms with van der Waals surface area (Å²) in [4.78, 5) is 11.0. The number of nitrogens with two attached hydrogens (primary N) is 2. The van der Waals surface area contributed by atoms with E-state index in [9.17, 15) is 4.79 Å². The quantitative estimate of drug-likeness (QED) is 0.260. The van der Waals surface area contributed by atoms with Crippen LogP contribution in [-0.4, -0.2) is 63.9 Å². The van der Waals surface area contributed by atoms with Gasteiger partial charge in [-0.1, -0.05) is 30.7 Å². The summed E-state index contributed by atoms with van der Waals surface area (Å²) in [5.74, 6) is 0.967. The molecule has 0 unspecified atom stereocenters. The number of esters is 1. The molecule has 10 nitrogen and oxygen atoms in total. The molecule has 0 saturated carbocycles. The van der Waals surface area contributed by atoms with E-state index >= 15 is 0 Å². The largest absolute Gasteiger partial charge is 0.493 e. The molecular formula is C30H43ClN4O6. The number of carbonyl (C=O) groups is 1. The second kappa shape index (κ2) is 18.1. The molecule has 0 spiro atoms. The fourth-order valence-corrected chi connectivity index (χ4v) is 4.16. The molecule has 0 amide bonds. The number of hydrogen-bond acceptors (Lipinski definition) is 9. The van der Waals surface area contributed by atoms with Crippen LogP contribution in [0.15, 0.2) is 54.7 Å². The molecule has 41 heavy (non-hydrogen) atoms. The minimum atomic E-state index is -0.881. The van der Waals surface area contributed by atoms with Crippen LogP contribution in [0.2, 0.25) is 5.02 Å².